The first-order valence-corrected chi connectivity index (χ1v) is 8.39. The predicted molar refractivity (Wildman–Crippen MR) is 98.0 cm³/mol. The van der Waals surface area contributed by atoms with Gasteiger partial charge >= 0.3 is 0 Å². The summed E-state index contributed by atoms with van der Waals surface area (Å²) in [6.45, 7) is 6.74. The molecule has 128 valence electrons. The maximum absolute atomic E-state index is 13.4. The number of nitrogens with zero attached hydrogens (tertiary/aromatic N) is 2. The van der Waals surface area contributed by atoms with E-state index in [1.54, 1.807) is 11.0 Å². The van der Waals surface area contributed by atoms with Gasteiger partial charge in [0.2, 0.25) is 0 Å². The van der Waals surface area contributed by atoms with Crippen molar-refractivity contribution in [3.63, 3.8) is 0 Å². The van der Waals surface area contributed by atoms with Gasteiger partial charge in [0.05, 0.1) is 11.1 Å². The lowest BCUT2D eigenvalue weighted by atomic mass is 10.0. The molecule has 1 heterocycles. The van der Waals surface area contributed by atoms with Crippen LogP contribution < -0.4 is 0 Å². The standard InChI is InChI=1S/C21H21FN2O/c1-4-24(13-16-6-5-7-17(22)12-16)21(25)19-11-15(3)23-20-9-8-14(2)10-18(19)20/h5-12H,4,13H2,1-3H3. The van der Waals surface area contributed by atoms with Crippen LogP contribution in [0, 0.1) is 19.7 Å². The number of fused-ring (bicyclic) bond motifs is 1. The fraction of sp³-hybridized carbons (Fsp3) is 0.238. The number of halogens is 1. The molecule has 2 aromatic carbocycles. The number of hydrogen-bond donors (Lipinski definition) is 0. The highest BCUT2D eigenvalue weighted by molar-refractivity contribution is 6.06. The van der Waals surface area contributed by atoms with E-state index >= 15 is 0 Å². The number of aryl methyl sites for hydroxylation is 2. The first-order valence-electron chi connectivity index (χ1n) is 8.39. The summed E-state index contributed by atoms with van der Waals surface area (Å²) >= 11 is 0. The molecule has 25 heavy (non-hydrogen) atoms. The molecule has 0 aliphatic rings. The van der Waals surface area contributed by atoms with E-state index in [4.69, 9.17) is 0 Å². The van der Waals surface area contributed by atoms with Gasteiger partial charge in [0.1, 0.15) is 5.82 Å². The monoisotopic (exact) mass is 336 g/mol. The Morgan fingerprint density at radius 3 is 2.64 bits per heavy atom. The average Bonchev–Trinajstić information content (AvgIpc) is 2.59. The molecule has 1 amide bonds. The maximum atomic E-state index is 13.4. The van der Waals surface area contributed by atoms with Gasteiger partial charge in [-0.05, 0) is 56.7 Å². The minimum atomic E-state index is -0.290. The zero-order chi connectivity index (χ0) is 18.0. The molecule has 3 nitrogen and oxygen atoms in total. The third-order valence-corrected chi connectivity index (χ3v) is 4.25. The molecule has 3 aromatic rings. The van der Waals surface area contributed by atoms with Crippen LogP contribution in [0.4, 0.5) is 4.39 Å². The van der Waals surface area contributed by atoms with Crippen molar-refractivity contribution in [1.29, 1.82) is 0 Å². The normalized spacial score (nSPS) is 10.9. The summed E-state index contributed by atoms with van der Waals surface area (Å²) in [5.41, 5.74) is 4.13. The van der Waals surface area contributed by atoms with Gasteiger partial charge in [-0.1, -0.05) is 23.8 Å². The number of benzene rings is 2. The van der Waals surface area contributed by atoms with Crippen molar-refractivity contribution in [2.75, 3.05) is 6.54 Å². The van der Waals surface area contributed by atoms with Crippen LogP contribution in [0.1, 0.15) is 34.1 Å². The molecule has 0 saturated heterocycles. The molecular weight excluding hydrogens is 315 g/mol. The molecule has 0 radical (unpaired) electrons. The van der Waals surface area contributed by atoms with Crippen LogP contribution in [0.2, 0.25) is 0 Å². The Morgan fingerprint density at radius 1 is 1.12 bits per heavy atom. The Hall–Kier alpha value is -2.75. The zero-order valence-corrected chi connectivity index (χ0v) is 14.7. The summed E-state index contributed by atoms with van der Waals surface area (Å²) in [6.07, 6.45) is 0. The Kier molecular flexibility index (Phi) is 4.79. The lowest BCUT2D eigenvalue weighted by molar-refractivity contribution is 0.0754. The number of pyridine rings is 1. The van der Waals surface area contributed by atoms with E-state index in [0.717, 1.165) is 27.7 Å². The highest BCUT2D eigenvalue weighted by atomic mass is 19.1. The lowest BCUT2D eigenvalue weighted by Gasteiger charge is -2.22. The molecule has 0 aliphatic carbocycles. The number of amides is 1. The molecule has 0 bridgehead atoms. The predicted octanol–water partition coefficient (Wildman–Crippen LogP) is 4.65. The van der Waals surface area contributed by atoms with Crippen molar-refractivity contribution in [3.8, 4) is 0 Å². The summed E-state index contributed by atoms with van der Waals surface area (Å²) in [6, 6.07) is 14.1. The van der Waals surface area contributed by atoms with Crippen LogP contribution in [-0.2, 0) is 6.54 Å². The van der Waals surface area contributed by atoms with Gasteiger partial charge in [0.15, 0.2) is 0 Å². The highest BCUT2D eigenvalue weighted by Gasteiger charge is 2.18. The SMILES string of the molecule is CCN(Cc1cccc(F)c1)C(=O)c1cc(C)nc2ccc(C)cc12. The summed E-state index contributed by atoms with van der Waals surface area (Å²) in [7, 11) is 0. The molecule has 0 spiro atoms. The quantitative estimate of drug-likeness (QED) is 0.694. The van der Waals surface area contributed by atoms with E-state index in [1.807, 2.05) is 51.1 Å². The van der Waals surface area contributed by atoms with E-state index in [-0.39, 0.29) is 11.7 Å². The fourth-order valence-corrected chi connectivity index (χ4v) is 3.00. The van der Waals surface area contributed by atoms with Gasteiger partial charge in [0, 0.05) is 24.2 Å². The molecular formula is C21H21FN2O. The fourth-order valence-electron chi connectivity index (χ4n) is 3.00. The Balaban J connectivity index is 2.00. The number of hydrogen-bond acceptors (Lipinski definition) is 2. The number of rotatable bonds is 4. The van der Waals surface area contributed by atoms with Gasteiger partial charge in [-0.15, -0.1) is 0 Å². The third-order valence-electron chi connectivity index (χ3n) is 4.25. The van der Waals surface area contributed by atoms with Crippen molar-refractivity contribution in [2.45, 2.75) is 27.3 Å². The number of carbonyl (C=O) groups excluding carboxylic acids is 1. The van der Waals surface area contributed by atoms with Crippen molar-refractivity contribution in [1.82, 2.24) is 9.88 Å². The first-order chi connectivity index (χ1) is 12.0. The van der Waals surface area contributed by atoms with Gasteiger partial charge in [-0.2, -0.15) is 0 Å². The van der Waals surface area contributed by atoms with Crippen LogP contribution in [0.15, 0.2) is 48.5 Å². The molecule has 0 saturated carbocycles. The van der Waals surface area contributed by atoms with Gasteiger partial charge < -0.3 is 4.90 Å². The van der Waals surface area contributed by atoms with Crippen LogP contribution in [0.5, 0.6) is 0 Å². The second-order valence-electron chi connectivity index (χ2n) is 6.28. The molecule has 0 N–H and O–H groups in total. The lowest BCUT2D eigenvalue weighted by Crippen LogP contribution is -2.30. The van der Waals surface area contributed by atoms with Crippen LogP contribution in [0.3, 0.4) is 0 Å². The topological polar surface area (TPSA) is 33.2 Å². The molecule has 0 atom stereocenters. The van der Waals surface area contributed by atoms with Crippen molar-refractivity contribution >= 4 is 16.8 Å². The third kappa shape index (κ3) is 3.68. The van der Waals surface area contributed by atoms with E-state index in [1.165, 1.54) is 12.1 Å². The summed E-state index contributed by atoms with van der Waals surface area (Å²) in [5, 5.41) is 0.855. The van der Waals surface area contributed by atoms with Gasteiger partial charge in [-0.3, -0.25) is 9.78 Å². The minimum Gasteiger partial charge on any atom is -0.335 e. The Labute approximate surface area is 147 Å². The van der Waals surface area contributed by atoms with Gasteiger partial charge in [-0.25, -0.2) is 4.39 Å². The Morgan fingerprint density at radius 2 is 1.92 bits per heavy atom. The number of carbonyl (C=O) groups is 1. The minimum absolute atomic E-state index is 0.0622. The van der Waals surface area contributed by atoms with E-state index in [9.17, 15) is 9.18 Å². The maximum Gasteiger partial charge on any atom is 0.254 e. The van der Waals surface area contributed by atoms with E-state index in [0.29, 0.717) is 18.7 Å². The summed E-state index contributed by atoms with van der Waals surface area (Å²) in [5.74, 6) is -0.352. The van der Waals surface area contributed by atoms with Crippen LogP contribution in [0.25, 0.3) is 10.9 Å². The second-order valence-corrected chi connectivity index (χ2v) is 6.28. The largest absolute Gasteiger partial charge is 0.335 e. The second kappa shape index (κ2) is 7.01. The summed E-state index contributed by atoms with van der Waals surface area (Å²) in [4.78, 5) is 19.4. The van der Waals surface area contributed by atoms with Crippen molar-refractivity contribution in [3.05, 3.63) is 76.7 Å². The molecule has 3 rings (SSSR count). The summed E-state index contributed by atoms with van der Waals surface area (Å²) < 4.78 is 13.4. The van der Waals surface area contributed by atoms with Gasteiger partial charge in [0.25, 0.3) is 5.91 Å². The highest BCUT2D eigenvalue weighted by Crippen LogP contribution is 2.22. The smallest absolute Gasteiger partial charge is 0.254 e. The molecule has 0 aliphatic heterocycles. The number of aromatic nitrogens is 1. The zero-order valence-electron chi connectivity index (χ0n) is 14.7. The first kappa shape index (κ1) is 17.1. The molecule has 0 fully saturated rings. The average molecular weight is 336 g/mol. The molecule has 0 unspecified atom stereocenters. The van der Waals surface area contributed by atoms with Crippen LogP contribution in [-0.4, -0.2) is 22.3 Å². The van der Waals surface area contributed by atoms with Crippen LogP contribution >= 0.6 is 0 Å². The molecule has 1 aromatic heterocycles. The van der Waals surface area contributed by atoms with Crippen molar-refractivity contribution in [2.24, 2.45) is 0 Å². The molecule has 4 heteroatoms. The van der Waals surface area contributed by atoms with E-state index < -0.39 is 0 Å². The Bertz CT molecular complexity index is 936. The van der Waals surface area contributed by atoms with Crippen molar-refractivity contribution < 1.29 is 9.18 Å². The van der Waals surface area contributed by atoms with E-state index in [2.05, 4.69) is 4.98 Å².